The Morgan fingerprint density at radius 3 is 2.77 bits per heavy atom. The number of carbonyl (C=O) groups excluding carboxylic acids is 3. The summed E-state index contributed by atoms with van der Waals surface area (Å²) >= 11 is 1.53. The van der Waals surface area contributed by atoms with Crippen LogP contribution in [0, 0.1) is 5.92 Å². The molecule has 0 bridgehead atoms. The number of amides is 3. The van der Waals surface area contributed by atoms with Gasteiger partial charge in [0.05, 0.1) is 30.6 Å². The molecule has 0 unspecified atom stereocenters. The van der Waals surface area contributed by atoms with Crippen molar-refractivity contribution >= 4 is 34.7 Å². The lowest BCUT2D eigenvalue weighted by atomic mass is 9.94. The second kappa shape index (κ2) is 10.4. The Labute approximate surface area is 209 Å². The minimum absolute atomic E-state index is 0.0237. The van der Waals surface area contributed by atoms with Crippen molar-refractivity contribution in [2.75, 3.05) is 25.5 Å². The second-order valence-electron chi connectivity index (χ2n) is 9.64. The van der Waals surface area contributed by atoms with Gasteiger partial charge in [-0.3, -0.25) is 14.4 Å². The Balaban J connectivity index is 1.23. The number of carbonyl (C=O) groups is 3. The molecule has 2 aliphatic heterocycles. The van der Waals surface area contributed by atoms with Crippen LogP contribution >= 0.6 is 11.3 Å². The average molecular weight is 498 g/mol. The molecular weight excluding hydrogens is 466 g/mol. The van der Waals surface area contributed by atoms with Crippen molar-refractivity contribution in [2.24, 2.45) is 5.92 Å². The fourth-order valence-electron chi connectivity index (χ4n) is 4.74. The second-order valence-corrected chi connectivity index (χ2v) is 10.7. The van der Waals surface area contributed by atoms with Crippen molar-refractivity contribution in [1.29, 1.82) is 0 Å². The molecule has 3 amide bonds. The molecule has 2 fully saturated rings. The summed E-state index contributed by atoms with van der Waals surface area (Å²) in [5.41, 5.74) is 0.978. The van der Waals surface area contributed by atoms with Crippen LogP contribution in [0.5, 0.6) is 5.75 Å². The number of anilines is 1. The van der Waals surface area contributed by atoms with E-state index in [2.05, 4.69) is 10.6 Å². The zero-order valence-corrected chi connectivity index (χ0v) is 20.6. The van der Waals surface area contributed by atoms with Gasteiger partial charge >= 0.3 is 0 Å². The van der Waals surface area contributed by atoms with E-state index >= 15 is 0 Å². The van der Waals surface area contributed by atoms with E-state index in [4.69, 9.17) is 9.47 Å². The molecule has 9 heteroatoms. The summed E-state index contributed by atoms with van der Waals surface area (Å²) in [5.74, 6) is 0.824. The normalized spacial score (nSPS) is 23.9. The van der Waals surface area contributed by atoms with Crippen molar-refractivity contribution in [3.8, 4) is 5.75 Å². The fraction of sp³-hybridized carbons (Fsp3) is 0.500. The SMILES string of the molecule is CN1C(=O)c2cc(NC(=O)Cc3cccs3)ccc2OC[C@H]2O[C@@H](CC(=O)NCC3CC3)CC[C@@H]21. The highest BCUT2D eigenvalue weighted by Gasteiger charge is 2.39. The number of ether oxygens (including phenoxy) is 2. The standard InChI is InChI=1S/C26H31N3O5S/c1-29-21-8-7-18(12-24(30)27-14-16-4-5-16)34-23(21)15-33-22-9-6-17(11-20(22)26(29)32)28-25(31)13-19-3-2-10-35-19/h2-3,6,9-11,16,18,21,23H,4-5,7-8,12-15H2,1H3,(H,27,30)(H,28,31)/t18-,21+,23-/m1/s1. The molecule has 1 aromatic carbocycles. The van der Waals surface area contributed by atoms with Crippen molar-refractivity contribution in [2.45, 2.75) is 56.8 Å². The molecule has 1 saturated carbocycles. The summed E-state index contributed by atoms with van der Waals surface area (Å²) in [5, 5.41) is 7.82. The van der Waals surface area contributed by atoms with Crippen LogP contribution < -0.4 is 15.4 Å². The summed E-state index contributed by atoms with van der Waals surface area (Å²) in [6.07, 6.45) is 3.99. The predicted molar refractivity (Wildman–Crippen MR) is 133 cm³/mol. The molecular formula is C26H31N3O5S. The van der Waals surface area contributed by atoms with Gasteiger partial charge in [-0.05, 0) is 61.2 Å². The van der Waals surface area contributed by atoms with Gasteiger partial charge in [0, 0.05) is 24.2 Å². The van der Waals surface area contributed by atoms with Gasteiger partial charge < -0.3 is 25.0 Å². The molecule has 0 radical (unpaired) electrons. The first-order valence-corrected chi connectivity index (χ1v) is 13.1. The first kappa shape index (κ1) is 23.8. The highest BCUT2D eigenvalue weighted by molar-refractivity contribution is 7.10. The first-order chi connectivity index (χ1) is 17.0. The monoisotopic (exact) mass is 497 g/mol. The number of hydrogen-bond acceptors (Lipinski definition) is 6. The number of likely N-dealkylation sites (N-methyl/N-ethyl adjacent to an activating group) is 1. The molecule has 3 atom stereocenters. The summed E-state index contributed by atoms with van der Waals surface area (Å²) in [6.45, 7) is 1.05. The van der Waals surface area contributed by atoms with Crippen molar-refractivity contribution in [3.63, 3.8) is 0 Å². The number of hydrogen-bond donors (Lipinski definition) is 2. The highest BCUT2D eigenvalue weighted by Crippen LogP contribution is 2.33. The molecule has 2 N–H and O–H groups in total. The molecule has 3 aliphatic rings. The fourth-order valence-corrected chi connectivity index (χ4v) is 5.44. The summed E-state index contributed by atoms with van der Waals surface area (Å²) in [6, 6.07) is 8.83. The first-order valence-electron chi connectivity index (χ1n) is 12.2. The van der Waals surface area contributed by atoms with Crippen LogP contribution in [0.25, 0.3) is 0 Å². The van der Waals surface area contributed by atoms with Gasteiger partial charge in [0.1, 0.15) is 18.5 Å². The number of fused-ring (bicyclic) bond motifs is 2. The number of benzene rings is 1. The molecule has 3 heterocycles. The van der Waals surface area contributed by atoms with Crippen LogP contribution in [0.1, 0.15) is 47.3 Å². The van der Waals surface area contributed by atoms with Gasteiger partial charge in [0.25, 0.3) is 5.91 Å². The smallest absolute Gasteiger partial charge is 0.257 e. The minimum atomic E-state index is -0.308. The maximum Gasteiger partial charge on any atom is 0.257 e. The van der Waals surface area contributed by atoms with Crippen LogP contribution in [0.3, 0.4) is 0 Å². The minimum Gasteiger partial charge on any atom is -0.490 e. The molecule has 186 valence electrons. The van der Waals surface area contributed by atoms with Gasteiger partial charge in [-0.2, -0.15) is 0 Å². The van der Waals surface area contributed by atoms with Crippen LogP contribution in [0.2, 0.25) is 0 Å². The number of rotatable bonds is 7. The maximum atomic E-state index is 13.4. The van der Waals surface area contributed by atoms with Crippen molar-refractivity contribution < 1.29 is 23.9 Å². The lowest BCUT2D eigenvalue weighted by Crippen LogP contribution is -2.54. The Hall–Kier alpha value is -2.91. The topological polar surface area (TPSA) is 97.0 Å². The van der Waals surface area contributed by atoms with Crippen molar-refractivity contribution in [1.82, 2.24) is 10.2 Å². The molecule has 5 rings (SSSR count). The molecule has 2 aromatic rings. The summed E-state index contributed by atoms with van der Waals surface area (Å²) in [4.78, 5) is 40.8. The number of nitrogens with zero attached hydrogens (tertiary/aromatic N) is 1. The Kier molecular flexibility index (Phi) is 7.06. The van der Waals surface area contributed by atoms with E-state index in [-0.39, 0.29) is 36.0 Å². The zero-order chi connectivity index (χ0) is 24.4. The largest absolute Gasteiger partial charge is 0.490 e. The number of thiophene rings is 1. The van der Waals surface area contributed by atoms with Gasteiger partial charge in [0.2, 0.25) is 11.8 Å². The molecule has 0 spiro atoms. The van der Waals surface area contributed by atoms with Crippen molar-refractivity contribution in [3.05, 3.63) is 46.2 Å². The third-order valence-electron chi connectivity index (χ3n) is 6.91. The lowest BCUT2D eigenvalue weighted by Gasteiger charge is -2.42. The summed E-state index contributed by atoms with van der Waals surface area (Å²) < 4.78 is 12.3. The summed E-state index contributed by atoms with van der Waals surface area (Å²) in [7, 11) is 1.78. The zero-order valence-electron chi connectivity index (χ0n) is 19.8. The van der Waals surface area contributed by atoms with Crippen LogP contribution in [0.15, 0.2) is 35.7 Å². The Morgan fingerprint density at radius 2 is 2.00 bits per heavy atom. The predicted octanol–water partition coefficient (Wildman–Crippen LogP) is 3.23. The molecule has 8 nitrogen and oxygen atoms in total. The molecule has 1 saturated heterocycles. The van der Waals surface area contributed by atoms with E-state index in [1.54, 1.807) is 30.1 Å². The Bertz CT molecular complexity index is 1080. The third kappa shape index (κ3) is 5.85. The van der Waals surface area contributed by atoms with E-state index < -0.39 is 0 Å². The number of nitrogens with one attached hydrogen (secondary N) is 2. The van der Waals surface area contributed by atoms with E-state index in [0.717, 1.165) is 17.8 Å². The molecule has 1 aromatic heterocycles. The third-order valence-corrected chi connectivity index (χ3v) is 7.78. The van der Waals surface area contributed by atoms with E-state index in [9.17, 15) is 14.4 Å². The van der Waals surface area contributed by atoms with E-state index in [1.165, 1.54) is 24.2 Å². The molecule has 1 aliphatic carbocycles. The van der Waals surface area contributed by atoms with E-state index in [0.29, 0.717) is 48.8 Å². The van der Waals surface area contributed by atoms with Crippen LogP contribution in [-0.2, 0) is 20.7 Å². The highest BCUT2D eigenvalue weighted by atomic mass is 32.1. The Morgan fingerprint density at radius 1 is 1.14 bits per heavy atom. The quantitative estimate of drug-likeness (QED) is 0.612. The van der Waals surface area contributed by atoms with Gasteiger partial charge in [-0.15, -0.1) is 11.3 Å². The van der Waals surface area contributed by atoms with E-state index in [1.807, 2.05) is 17.5 Å². The van der Waals surface area contributed by atoms with Gasteiger partial charge in [0.15, 0.2) is 0 Å². The average Bonchev–Trinajstić information content (AvgIpc) is 3.54. The molecule has 35 heavy (non-hydrogen) atoms. The van der Waals surface area contributed by atoms with Crippen LogP contribution in [0.4, 0.5) is 5.69 Å². The lowest BCUT2D eigenvalue weighted by molar-refractivity contribution is -0.134. The maximum absolute atomic E-state index is 13.4. The van der Waals surface area contributed by atoms with Crippen LogP contribution in [-0.4, -0.2) is 61.1 Å². The van der Waals surface area contributed by atoms with Gasteiger partial charge in [-0.25, -0.2) is 0 Å². The van der Waals surface area contributed by atoms with Gasteiger partial charge in [-0.1, -0.05) is 6.07 Å².